The fourth-order valence-corrected chi connectivity index (χ4v) is 3.25. The van der Waals surface area contributed by atoms with Crippen molar-refractivity contribution in [3.8, 4) is 0 Å². The highest BCUT2D eigenvalue weighted by atomic mass is 16.1. The summed E-state index contributed by atoms with van der Waals surface area (Å²) < 4.78 is 0. The van der Waals surface area contributed by atoms with E-state index in [1.807, 2.05) is 12.1 Å². The maximum Gasteiger partial charge on any atom is 0.250 e. The molecule has 3 N–H and O–H groups in total. The Bertz CT molecular complexity index is 683. The number of benzene rings is 1. The van der Waals surface area contributed by atoms with Gasteiger partial charge in [0, 0.05) is 19.6 Å². The molecule has 1 aliphatic heterocycles. The third-order valence-electron chi connectivity index (χ3n) is 4.12. The maximum absolute atomic E-state index is 11.5. The number of para-hydroxylation sites is 1. The molecule has 1 aromatic heterocycles. The summed E-state index contributed by atoms with van der Waals surface area (Å²) in [5.41, 5.74) is 7.50. The van der Waals surface area contributed by atoms with E-state index in [9.17, 15) is 4.79 Å². The minimum absolute atomic E-state index is 0.0306. The molecular weight excluding hydrogens is 264 g/mol. The molecule has 5 heteroatoms. The second kappa shape index (κ2) is 4.84. The Hall–Kier alpha value is -1.88. The smallest absolute Gasteiger partial charge is 0.250 e. The molecule has 21 heavy (non-hydrogen) atoms. The number of likely N-dealkylation sites (tertiary alicyclic amines) is 1. The monoisotopic (exact) mass is 286 g/mol. The summed E-state index contributed by atoms with van der Waals surface area (Å²) in [6.07, 6.45) is 0. The predicted molar refractivity (Wildman–Crippen MR) is 83.2 cm³/mol. The van der Waals surface area contributed by atoms with Crippen LogP contribution in [-0.4, -0.2) is 40.4 Å². The first kappa shape index (κ1) is 14.1. The van der Waals surface area contributed by atoms with Gasteiger partial charge in [-0.15, -0.1) is 0 Å². The van der Waals surface area contributed by atoms with Crippen molar-refractivity contribution in [1.29, 1.82) is 0 Å². The van der Waals surface area contributed by atoms with E-state index in [0.29, 0.717) is 17.0 Å². The third kappa shape index (κ3) is 2.42. The summed E-state index contributed by atoms with van der Waals surface area (Å²) in [5.74, 6) is 1.19. The van der Waals surface area contributed by atoms with Crippen molar-refractivity contribution in [1.82, 2.24) is 14.9 Å². The lowest BCUT2D eigenvalue weighted by Crippen LogP contribution is -2.58. The fourth-order valence-electron chi connectivity index (χ4n) is 3.25. The molecule has 5 nitrogen and oxygen atoms in total. The number of carbonyl (C=O) groups excluding carboxylic acids is 1. The molecule has 0 bridgehead atoms. The van der Waals surface area contributed by atoms with Crippen LogP contribution in [0.15, 0.2) is 18.2 Å². The lowest BCUT2D eigenvalue weighted by Gasteiger charge is -2.47. The van der Waals surface area contributed by atoms with Gasteiger partial charge in [0.25, 0.3) is 5.91 Å². The van der Waals surface area contributed by atoms with E-state index in [0.717, 1.165) is 31.0 Å². The molecule has 0 unspecified atom stereocenters. The minimum Gasteiger partial charge on any atom is -0.366 e. The van der Waals surface area contributed by atoms with E-state index in [-0.39, 0.29) is 5.41 Å². The number of aromatic amines is 1. The normalized spacial score (nSPS) is 18.1. The van der Waals surface area contributed by atoms with Crippen LogP contribution in [0.4, 0.5) is 0 Å². The molecule has 0 saturated carbocycles. The average Bonchev–Trinajstić information content (AvgIpc) is 2.79. The number of fused-ring (bicyclic) bond motifs is 1. The van der Waals surface area contributed by atoms with E-state index < -0.39 is 5.91 Å². The van der Waals surface area contributed by atoms with Crippen molar-refractivity contribution >= 4 is 16.9 Å². The lowest BCUT2D eigenvalue weighted by atomic mass is 9.80. The number of imidazole rings is 1. The maximum atomic E-state index is 11.5. The van der Waals surface area contributed by atoms with Gasteiger partial charge in [0.05, 0.1) is 16.5 Å². The molecule has 0 spiro atoms. The predicted octanol–water partition coefficient (Wildman–Crippen LogP) is 1.89. The Labute approximate surface area is 124 Å². The van der Waals surface area contributed by atoms with Gasteiger partial charge in [-0.1, -0.05) is 26.8 Å². The number of primary amides is 1. The summed E-state index contributed by atoms with van der Waals surface area (Å²) in [6, 6.07) is 5.49. The zero-order valence-electron chi connectivity index (χ0n) is 12.8. The summed E-state index contributed by atoms with van der Waals surface area (Å²) in [6.45, 7) is 9.79. The standard InChI is InChI=1S/C16H22N4O/c1-10(2)7-20-8-16(3,9-20)15-18-12-6-4-5-11(14(17)21)13(12)19-15/h4-6,10H,7-9H2,1-3H3,(H2,17,21)(H,18,19). The molecule has 1 saturated heterocycles. The van der Waals surface area contributed by atoms with E-state index >= 15 is 0 Å². The van der Waals surface area contributed by atoms with Crippen LogP contribution in [-0.2, 0) is 5.41 Å². The number of rotatable bonds is 4. The summed E-state index contributed by atoms with van der Waals surface area (Å²) >= 11 is 0. The van der Waals surface area contributed by atoms with Crippen molar-refractivity contribution in [2.24, 2.45) is 11.7 Å². The van der Waals surface area contributed by atoms with Crippen LogP contribution in [0.3, 0.4) is 0 Å². The average molecular weight is 286 g/mol. The van der Waals surface area contributed by atoms with Crippen molar-refractivity contribution in [3.05, 3.63) is 29.6 Å². The van der Waals surface area contributed by atoms with Crippen molar-refractivity contribution in [2.45, 2.75) is 26.2 Å². The second-order valence-electron chi connectivity index (χ2n) is 6.78. The van der Waals surface area contributed by atoms with Crippen LogP contribution < -0.4 is 5.73 Å². The molecule has 112 valence electrons. The second-order valence-corrected chi connectivity index (χ2v) is 6.78. The number of hydrogen-bond donors (Lipinski definition) is 2. The van der Waals surface area contributed by atoms with E-state index in [1.165, 1.54) is 0 Å². The van der Waals surface area contributed by atoms with Gasteiger partial charge in [-0.2, -0.15) is 0 Å². The van der Waals surface area contributed by atoms with Gasteiger partial charge >= 0.3 is 0 Å². The Balaban J connectivity index is 1.89. The number of H-pyrrole nitrogens is 1. The highest BCUT2D eigenvalue weighted by Crippen LogP contribution is 2.34. The Morgan fingerprint density at radius 3 is 2.81 bits per heavy atom. The topological polar surface area (TPSA) is 75.0 Å². The summed E-state index contributed by atoms with van der Waals surface area (Å²) in [4.78, 5) is 21.9. The van der Waals surface area contributed by atoms with Crippen molar-refractivity contribution in [2.75, 3.05) is 19.6 Å². The van der Waals surface area contributed by atoms with E-state index in [1.54, 1.807) is 6.07 Å². The zero-order valence-corrected chi connectivity index (χ0v) is 12.8. The van der Waals surface area contributed by atoms with Crippen LogP contribution >= 0.6 is 0 Å². The Kier molecular flexibility index (Phi) is 3.24. The molecule has 2 aromatic rings. The first-order chi connectivity index (χ1) is 9.89. The van der Waals surface area contributed by atoms with E-state index in [2.05, 4.69) is 35.6 Å². The van der Waals surface area contributed by atoms with Crippen LogP contribution in [0.2, 0.25) is 0 Å². The highest BCUT2D eigenvalue weighted by Gasteiger charge is 2.42. The first-order valence-electron chi connectivity index (χ1n) is 7.40. The summed E-state index contributed by atoms with van der Waals surface area (Å²) in [5, 5.41) is 0. The highest BCUT2D eigenvalue weighted by molar-refractivity contribution is 6.04. The van der Waals surface area contributed by atoms with E-state index in [4.69, 9.17) is 5.73 Å². The van der Waals surface area contributed by atoms with Crippen LogP contribution in [0.5, 0.6) is 0 Å². The lowest BCUT2D eigenvalue weighted by molar-refractivity contribution is 0.0612. The van der Waals surface area contributed by atoms with Gasteiger partial charge in [-0.3, -0.25) is 4.79 Å². The number of nitrogens with one attached hydrogen (secondary N) is 1. The Morgan fingerprint density at radius 2 is 2.19 bits per heavy atom. The third-order valence-corrected chi connectivity index (χ3v) is 4.12. The van der Waals surface area contributed by atoms with Gasteiger partial charge in [0.15, 0.2) is 0 Å². The largest absolute Gasteiger partial charge is 0.366 e. The first-order valence-corrected chi connectivity index (χ1v) is 7.40. The molecule has 0 radical (unpaired) electrons. The number of hydrogen-bond acceptors (Lipinski definition) is 3. The Morgan fingerprint density at radius 1 is 1.48 bits per heavy atom. The molecule has 0 atom stereocenters. The van der Waals surface area contributed by atoms with Crippen molar-refractivity contribution in [3.63, 3.8) is 0 Å². The molecule has 1 aliphatic rings. The minimum atomic E-state index is -0.432. The molecule has 1 amide bonds. The molecule has 1 aromatic carbocycles. The number of aromatic nitrogens is 2. The number of nitrogens with zero attached hydrogens (tertiary/aromatic N) is 2. The zero-order chi connectivity index (χ0) is 15.2. The van der Waals surface area contributed by atoms with Crippen LogP contribution in [0.1, 0.15) is 37.0 Å². The molecular formula is C16H22N4O. The van der Waals surface area contributed by atoms with Gasteiger partial charge in [0.2, 0.25) is 0 Å². The SMILES string of the molecule is CC(C)CN1CC(C)(c2nc3c(C(N)=O)cccc3[nH]2)C1. The number of carbonyl (C=O) groups is 1. The van der Waals surface area contributed by atoms with Crippen LogP contribution in [0, 0.1) is 5.92 Å². The van der Waals surface area contributed by atoms with Gasteiger partial charge in [0.1, 0.15) is 11.3 Å². The molecule has 0 aliphatic carbocycles. The molecule has 3 rings (SSSR count). The van der Waals surface area contributed by atoms with Crippen molar-refractivity contribution < 1.29 is 4.79 Å². The number of amides is 1. The fraction of sp³-hybridized carbons (Fsp3) is 0.500. The number of nitrogens with two attached hydrogens (primary N) is 1. The van der Waals surface area contributed by atoms with Crippen LogP contribution in [0.25, 0.3) is 11.0 Å². The molecule has 2 heterocycles. The summed E-state index contributed by atoms with van der Waals surface area (Å²) in [7, 11) is 0. The van der Waals surface area contributed by atoms with Gasteiger partial charge in [-0.25, -0.2) is 4.98 Å². The molecule has 1 fully saturated rings. The van der Waals surface area contributed by atoms with Gasteiger partial charge < -0.3 is 15.6 Å². The quantitative estimate of drug-likeness (QED) is 0.901. The van der Waals surface area contributed by atoms with Gasteiger partial charge in [-0.05, 0) is 18.1 Å².